The number of carbonyl (C=O) groups excluding carboxylic acids is 2. The number of amides is 1. The van der Waals surface area contributed by atoms with Gasteiger partial charge in [-0.2, -0.15) is 0 Å². The normalized spacial score (nSPS) is 13.2. The lowest BCUT2D eigenvalue weighted by molar-refractivity contribution is -0.152. The molecule has 2 aromatic rings. The first-order valence-corrected chi connectivity index (χ1v) is 7.66. The summed E-state index contributed by atoms with van der Waals surface area (Å²) in [6.07, 6.45) is -1.11. The number of fused-ring (bicyclic) bond motifs is 1. The largest absolute Gasteiger partial charge is 0.454 e. The first kappa shape index (κ1) is 16.8. The standard InChI is InChI=1S/C18H16FNO5/c1-11(25-17(21)8-12-3-2-4-13(19)7-12)18(22)20-14-5-6-15-16(9-14)24-10-23-15/h2-7,9,11H,8,10H2,1H3,(H,20,22)/t11-/m0/s1. The van der Waals surface area contributed by atoms with E-state index < -0.39 is 23.8 Å². The first-order valence-electron chi connectivity index (χ1n) is 7.66. The van der Waals surface area contributed by atoms with Gasteiger partial charge in [0.2, 0.25) is 6.79 Å². The maximum atomic E-state index is 13.1. The molecule has 130 valence electrons. The number of hydrogen-bond donors (Lipinski definition) is 1. The quantitative estimate of drug-likeness (QED) is 0.844. The fraction of sp³-hybridized carbons (Fsp3) is 0.222. The number of hydrogen-bond acceptors (Lipinski definition) is 5. The lowest BCUT2D eigenvalue weighted by Crippen LogP contribution is -2.30. The Bertz CT molecular complexity index is 808. The van der Waals surface area contributed by atoms with Gasteiger partial charge in [0, 0.05) is 11.8 Å². The van der Waals surface area contributed by atoms with Gasteiger partial charge in [-0.15, -0.1) is 0 Å². The Morgan fingerprint density at radius 3 is 2.80 bits per heavy atom. The van der Waals surface area contributed by atoms with Crippen molar-refractivity contribution in [2.24, 2.45) is 0 Å². The molecule has 25 heavy (non-hydrogen) atoms. The number of esters is 1. The van der Waals surface area contributed by atoms with Crippen molar-refractivity contribution in [1.29, 1.82) is 0 Å². The molecule has 1 aliphatic rings. The Labute approximate surface area is 143 Å². The van der Waals surface area contributed by atoms with E-state index in [1.54, 1.807) is 24.3 Å². The molecule has 0 aromatic heterocycles. The monoisotopic (exact) mass is 345 g/mol. The second-order valence-electron chi connectivity index (χ2n) is 5.50. The molecule has 1 N–H and O–H groups in total. The fourth-order valence-electron chi connectivity index (χ4n) is 2.32. The number of halogens is 1. The number of ether oxygens (including phenoxy) is 3. The molecule has 0 saturated carbocycles. The highest BCUT2D eigenvalue weighted by atomic mass is 19.1. The van der Waals surface area contributed by atoms with Crippen molar-refractivity contribution >= 4 is 17.6 Å². The molecule has 6 nitrogen and oxygen atoms in total. The van der Waals surface area contributed by atoms with E-state index in [4.69, 9.17) is 14.2 Å². The molecule has 0 radical (unpaired) electrons. The second-order valence-corrected chi connectivity index (χ2v) is 5.50. The van der Waals surface area contributed by atoms with Gasteiger partial charge in [-0.1, -0.05) is 12.1 Å². The van der Waals surface area contributed by atoms with Crippen molar-refractivity contribution < 1.29 is 28.2 Å². The maximum Gasteiger partial charge on any atom is 0.311 e. The number of anilines is 1. The van der Waals surface area contributed by atoms with Crippen LogP contribution in [0.1, 0.15) is 12.5 Å². The van der Waals surface area contributed by atoms with Gasteiger partial charge in [-0.05, 0) is 36.8 Å². The minimum absolute atomic E-state index is 0.112. The van der Waals surface area contributed by atoms with E-state index in [9.17, 15) is 14.0 Å². The predicted molar refractivity (Wildman–Crippen MR) is 86.9 cm³/mol. The Hall–Kier alpha value is -3.09. The van der Waals surface area contributed by atoms with Crippen LogP contribution in [0.2, 0.25) is 0 Å². The molecule has 3 rings (SSSR count). The molecule has 0 spiro atoms. The van der Waals surface area contributed by atoms with Crippen LogP contribution < -0.4 is 14.8 Å². The maximum absolute atomic E-state index is 13.1. The van der Waals surface area contributed by atoms with Gasteiger partial charge in [-0.25, -0.2) is 4.39 Å². The third-order valence-corrected chi connectivity index (χ3v) is 3.56. The zero-order valence-electron chi connectivity index (χ0n) is 13.5. The van der Waals surface area contributed by atoms with Crippen molar-refractivity contribution in [1.82, 2.24) is 0 Å². The average molecular weight is 345 g/mol. The number of nitrogens with one attached hydrogen (secondary N) is 1. The predicted octanol–water partition coefficient (Wildman–Crippen LogP) is 2.67. The molecule has 0 saturated heterocycles. The smallest absolute Gasteiger partial charge is 0.311 e. The van der Waals surface area contributed by atoms with Crippen LogP contribution in [-0.2, 0) is 20.7 Å². The lowest BCUT2D eigenvalue weighted by Gasteiger charge is -2.14. The van der Waals surface area contributed by atoms with Crippen LogP contribution in [0.3, 0.4) is 0 Å². The SMILES string of the molecule is C[C@H](OC(=O)Cc1cccc(F)c1)C(=O)Nc1ccc2c(c1)OCO2. The van der Waals surface area contributed by atoms with Crippen molar-refractivity contribution in [2.75, 3.05) is 12.1 Å². The van der Waals surface area contributed by atoms with Crippen LogP contribution in [0.4, 0.5) is 10.1 Å². The summed E-state index contributed by atoms with van der Waals surface area (Å²) in [5, 5.41) is 2.64. The molecule has 0 aliphatic carbocycles. The highest BCUT2D eigenvalue weighted by Crippen LogP contribution is 2.34. The summed E-state index contributed by atoms with van der Waals surface area (Å²) in [5.41, 5.74) is 0.982. The molecule has 0 fully saturated rings. The first-order chi connectivity index (χ1) is 12.0. The van der Waals surface area contributed by atoms with Crippen LogP contribution in [0, 0.1) is 5.82 Å². The van der Waals surface area contributed by atoms with Crippen molar-refractivity contribution in [2.45, 2.75) is 19.4 Å². The van der Waals surface area contributed by atoms with Crippen molar-refractivity contribution in [3.63, 3.8) is 0 Å². The Morgan fingerprint density at radius 1 is 1.20 bits per heavy atom. The topological polar surface area (TPSA) is 73.9 Å². The summed E-state index contributed by atoms with van der Waals surface area (Å²) in [5.74, 6) is -0.384. The van der Waals surface area contributed by atoms with E-state index >= 15 is 0 Å². The van der Waals surface area contributed by atoms with Gasteiger partial charge in [0.05, 0.1) is 6.42 Å². The van der Waals surface area contributed by atoms with Crippen LogP contribution in [0.25, 0.3) is 0 Å². The van der Waals surface area contributed by atoms with E-state index in [-0.39, 0.29) is 13.2 Å². The summed E-state index contributed by atoms with van der Waals surface area (Å²) in [4.78, 5) is 24.0. The Balaban J connectivity index is 1.54. The fourth-order valence-corrected chi connectivity index (χ4v) is 2.32. The number of carbonyl (C=O) groups is 2. The van der Waals surface area contributed by atoms with E-state index in [1.165, 1.54) is 25.1 Å². The third kappa shape index (κ3) is 4.26. The van der Waals surface area contributed by atoms with E-state index in [1.807, 2.05) is 0 Å². The zero-order chi connectivity index (χ0) is 17.8. The van der Waals surface area contributed by atoms with Gasteiger partial charge in [-0.3, -0.25) is 9.59 Å². The van der Waals surface area contributed by atoms with E-state index in [0.29, 0.717) is 22.7 Å². The highest BCUT2D eigenvalue weighted by Gasteiger charge is 2.20. The van der Waals surface area contributed by atoms with Gasteiger partial charge >= 0.3 is 5.97 Å². The molecular weight excluding hydrogens is 329 g/mol. The molecule has 1 atom stereocenters. The summed E-state index contributed by atoms with van der Waals surface area (Å²) in [6.45, 7) is 1.60. The van der Waals surface area contributed by atoms with Gasteiger partial charge in [0.15, 0.2) is 17.6 Å². The Morgan fingerprint density at radius 2 is 2.00 bits per heavy atom. The molecule has 2 aromatic carbocycles. The highest BCUT2D eigenvalue weighted by molar-refractivity contribution is 5.95. The van der Waals surface area contributed by atoms with Crippen LogP contribution >= 0.6 is 0 Å². The number of rotatable bonds is 5. The number of benzene rings is 2. The molecule has 1 aliphatic heterocycles. The van der Waals surface area contributed by atoms with Crippen LogP contribution in [0.15, 0.2) is 42.5 Å². The minimum Gasteiger partial charge on any atom is -0.454 e. The minimum atomic E-state index is -0.994. The van der Waals surface area contributed by atoms with Gasteiger partial charge in [0.1, 0.15) is 5.82 Å². The summed E-state index contributed by atoms with van der Waals surface area (Å²) < 4.78 is 28.6. The van der Waals surface area contributed by atoms with Gasteiger partial charge < -0.3 is 19.5 Å². The second kappa shape index (κ2) is 7.21. The molecule has 7 heteroatoms. The summed E-state index contributed by atoms with van der Waals surface area (Å²) >= 11 is 0. The lowest BCUT2D eigenvalue weighted by atomic mass is 10.1. The van der Waals surface area contributed by atoms with Crippen molar-refractivity contribution in [3.05, 3.63) is 53.8 Å². The molecule has 1 heterocycles. The molecule has 1 amide bonds. The summed E-state index contributed by atoms with van der Waals surface area (Å²) in [6, 6.07) is 10.6. The van der Waals surface area contributed by atoms with E-state index in [0.717, 1.165) is 0 Å². The molecular formula is C18H16FNO5. The van der Waals surface area contributed by atoms with Crippen LogP contribution in [-0.4, -0.2) is 24.8 Å². The molecule has 0 unspecified atom stereocenters. The average Bonchev–Trinajstić information content (AvgIpc) is 3.02. The Kier molecular flexibility index (Phi) is 4.83. The molecule has 0 bridgehead atoms. The van der Waals surface area contributed by atoms with E-state index in [2.05, 4.69) is 5.32 Å². The zero-order valence-corrected chi connectivity index (χ0v) is 13.5. The van der Waals surface area contributed by atoms with Crippen LogP contribution in [0.5, 0.6) is 11.5 Å². The summed E-state index contributed by atoms with van der Waals surface area (Å²) in [7, 11) is 0. The van der Waals surface area contributed by atoms with Crippen molar-refractivity contribution in [3.8, 4) is 11.5 Å². The van der Waals surface area contributed by atoms with Gasteiger partial charge in [0.25, 0.3) is 5.91 Å². The third-order valence-electron chi connectivity index (χ3n) is 3.56.